The molecule has 0 spiro atoms. The van der Waals surface area contributed by atoms with Gasteiger partial charge in [-0.2, -0.15) is 0 Å². The highest BCUT2D eigenvalue weighted by molar-refractivity contribution is 5.85. The quantitative estimate of drug-likeness (QED) is 0.655. The summed E-state index contributed by atoms with van der Waals surface area (Å²) in [6.07, 6.45) is 0. The number of hydrogen-bond acceptors (Lipinski definition) is 5. The van der Waals surface area contributed by atoms with E-state index in [2.05, 4.69) is 10.6 Å². The predicted octanol–water partition coefficient (Wildman–Crippen LogP) is -0.0441. The van der Waals surface area contributed by atoms with Crippen molar-refractivity contribution in [2.24, 2.45) is 5.73 Å². The van der Waals surface area contributed by atoms with E-state index < -0.39 is 0 Å². The smallest absolute Gasteiger partial charge is 0.239 e. The molecule has 0 radical (unpaired) electrons. The number of rotatable bonds is 7. The predicted molar refractivity (Wildman–Crippen MR) is 78.2 cm³/mol. The van der Waals surface area contributed by atoms with Crippen LogP contribution >= 0.6 is 0 Å². The minimum absolute atomic E-state index is 0.112. The second-order valence-corrected chi connectivity index (χ2v) is 4.38. The fraction of sp³-hybridized carbons (Fsp3) is 0.429. The molecule has 7 nitrogen and oxygen atoms in total. The Morgan fingerprint density at radius 2 is 1.95 bits per heavy atom. The molecule has 0 aliphatic carbocycles. The SMILES string of the molecule is COc1ccc(C(C)NC(=O)CNC(=O)CN)c(OC)c1. The topological polar surface area (TPSA) is 103 Å². The van der Waals surface area contributed by atoms with Crippen LogP contribution in [0.1, 0.15) is 18.5 Å². The maximum absolute atomic E-state index is 11.7. The van der Waals surface area contributed by atoms with E-state index in [1.165, 1.54) is 0 Å². The van der Waals surface area contributed by atoms with E-state index in [1.807, 2.05) is 13.0 Å². The van der Waals surface area contributed by atoms with Gasteiger partial charge >= 0.3 is 0 Å². The van der Waals surface area contributed by atoms with E-state index in [4.69, 9.17) is 15.2 Å². The van der Waals surface area contributed by atoms with Crippen molar-refractivity contribution in [1.29, 1.82) is 0 Å². The highest BCUT2D eigenvalue weighted by Gasteiger charge is 2.15. The first-order valence-corrected chi connectivity index (χ1v) is 6.49. The van der Waals surface area contributed by atoms with Crippen molar-refractivity contribution in [3.05, 3.63) is 23.8 Å². The normalized spacial score (nSPS) is 11.4. The maximum Gasteiger partial charge on any atom is 0.239 e. The van der Waals surface area contributed by atoms with Gasteiger partial charge in [0, 0.05) is 11.6 Å². The van der Waals surface area contributed by atoms with E-state index in [0.29, 0.717) is 11.5 Å². The van der Waals surface area contributed by atoms with Crippen molar-refractivity contribution in [3.8, 4) is 11.5 Å². The van der Waals surface area contributed by atoms with Crippen LogP contribution in [0.4, 0.5) is 0 Å². The van der Waals surface area contributed by atoms with E-state index in [-0.39, 0.29) is 30.9 Å². The van der Waals surface area contributed by atoms with Gasteiger partial charge in [-0.3, -0.25) is 9.59 Å². The number of amides is 2. The largest absolute Gasteiger partial charge is 0.497 e. The number of ether oxygens (including phenoxy) is 2. The fourth-order valence-corrected chi connectivity index (χ4v) is 1.80. The summed E-state index contributed by atoms with van der Waals surface area (Å²) >= 11 is 0. The van der Waals surface area contributed by atoms with Gasteiger partial charge in [0.15, 0.2) is 0 Å². The molecule has 0 aliphatic rings. The molecule has 0 aliphatic heterocycles. The number of carbonyl (C=O) groups is 2. The number of carbonyl (C=O) groups excluding carboxylic acids is 2. The highest BCUT2D eigenvalue weighted by Crippen LogP contribution is 2.29. The highest BCUT2D eigenvalue weighted by atomic mass is 16.5. The number of nitrogens with one attached hydrogen (secondary N) is 2. The summed E-state index contributed by atoms with van der Waals surface area (Å²) in [5.74, 6) is 0.611. The third kappa shape index (κ3) is 4.96. The standard InChI is InChI=1S/C14H21N3O4/c1-9(17-14(19)8-16-13(18)7-15)11-5-4-10(20-2)6-12(11)21-3/h4-6,9H,7-8,15H2,1-3H3,(H,16,18)(H,17,19). The van der Waals surface area contributed by atoms with Gasteiger partial charge in [0.25, 0.3) is 0 Å². The first-order chi connectivity index (χ1) is 10.0. The van der Waals surface area contributed by atoms with Crippen LogP contribution in [0.25, 0.3) is 0 Å². The molecule has 1 aromatic rings. The summed E-state index contributed by atoms with van der Waals surface area (Å²) in [6, 6.07) is 5.08. The van der Waals surface area contributed by atoms with E-state index in [9.17, 15) is 9.59 Å². The van der Waals surface area contributed by atoms with Crippen molar-refractivity contribution in [3.63, 3.8) is 0 Å². The van der Waals surface area contributed by atoms with Crippen LogP contribution in [0, 0.1) is 0 Å². The molecular weight excluding hydrogens is 274 g/mol. The van der Waals surface area contributed by atoms with E-state index >= 15 is 0 Å². The van der Waals surface area contributed by atoms with Gasteiger partial charge in [0.05, 0.1) is 33.4 Å². The Labute approximate surface area is 123 Å². The van der Waals surface area contributed by atoms with Gasteiger partial charge in [0.1, 0.15) is 11.5 Å². The second kappa shape index (κ2) is 8.11. The summed E-state index contributed by atoms with van der Waals surface area (Å²) in [5.41, 5.74) is 5.96. The molecule has 0 aromatic heterocycles. The third-order valence-corrected chi connectivity index (χ3v) is 2.92. The first-order valence-electron chi connectivity index (χ1n) is 6.49. The Kier molecular flexibility index (Phi) is 6.48. The van der Waals surface area contributed by atoms with Crippen molar-refractivity contribution in [2.75, 3.05) is 27.3 Å². The van der Waals surface area contributed by atoms with Gasteiger partial charge in [-0.25, -0.2) is 0 Å². The molecule has 4 N–H and O–H groups in total. The van der Waals surface area contributed by atoms with Crippen LogP contribution in [-0.2, 0) is 9.59 Å². The Balaban J connectivity index is 2.68. The van der Waals surface area contributed by atoms with Crippen molar-refractivity contribution >= 4 is 11.8 Å². The van der Waals surface area contributed by atoms with Crippen LogP contribution in [0.15, 0.2) is 18.2 Å². The Bertz CT molecular complexity index is 505. The van der Waals surface area contributed by atoms with Crippen molar-refractivity contribution < 1.29 is 19.1 Å². The molecule has 0 fully saturated rings. The molecule has 1 unspecified atom stereocenters. The molecule has 1 atom stereocenters. The Morgan fingerprint density at radius 1 is 1.24 bits per heavy atom. The van der Waals surface area contributed by atoms with Crippen LogP contribution in [0.2, 0.25) is 0 Å². The summed E-state index contributed by atoms with van der Waals surface area (Å²) in [4.78, 5) is 22.7. The average Bonchev–Trinajstić information content (AvgIpc) is 2.51. The molecule has 0 bridgehead atoms. The van der Waals surface area contributed by atoms with Gasteiger partial charge in [-0.1, -0.05) is 0 Å². The van der Waals surface area contributed by atoms with Gasteiger partial charge in [-0.05, 0) is 19.1 Å². The Hall–Kier alpha value is -2.28. The van der Waals surface area contributed by atoms with Crippen molar-refractivity contribution in [1.82, 2.24) is 10.6 Å². The molecule has 0 heterocycles. The molecule has 116 valence electrons. The van der Waals surface area contributed by atoms with Crippen LogP contribution in [0.5, 0.6) is 11.5 Å². The minimum atomic E-state index is -0.375. The lowest BCUT2D eigenvalue weighted by molar-refractivity contribution is -0.125. The molecule has 7 heteroatoms. The Morgan fingerprint density at radius 3 is 2.52 bits per heavy atom. The lowest BCUT2D eigenvalue weighted by Crippen LogP contribution is -2.40. The lowest BCUT2D eigenvalue weighted by Gasteiger charge is -2.18. The second-order valence-electron chi connectivity index (χ2n) is 4.38. The van der Waals surface area contributed by atoms with Crippen LogP contribution < -0.4 is 25.8 Å². The number of hydrogen-bond donors (Lipinski definition) is 3. The molecular formula is C14H21N3O4. The monoisotopic (exact) mass is 295 g/mol. The van der Waals surface area contributed by atoms with E-state index in [0.717, 1.165) is 5.56 Å². The average molecular weight is 295 g/mol. The summed E-state index contributed by atoms with van der Waals surface area (Å²) < 4.78 is 10.4. The summed E-state index contributed by atoms with van der Waals surface area (Å²) in [7, 11) is 3.12. The van der Waals surface area contributed by atoms with Crippen molar-refractivity contribution in [2.45, 2.75) is 13.0 Å². The molecule has 0 saturated carbocycles. The number of nitrogens with two attached hydrogens (primary N) is 1. The molecule has 1 rings (SSSR count). The van der Waals surface area contributed by atoms with Gasteiger partial charge in [0.2, 0.25) is 11.8 Å². The summed E-state index contributed by atoms with van der Waals surface area (Å²) in [5, 5.41) is 5.18. The zero-order valence-corrected chi connectivity index (χ0v) is 12.4. The lowest BCUT2D eigenvalue weighted by atomic mass is 10.1. The zero-order valence-electron chi connectivity index (χ0n) is 12.4. The maximum atomic E-state index is 11.7. The molecule has 2 amide bonds. The first kappa shape index (κ1) is 16.8. The number of methoxy groups -OCH3 is 2. The molecule has 21 heavy (non-hydrogen) atoms. The zero-order chi connectivity index (χ0) is 15.8. The summed E-state index contributed by atoms with van der Waals surface area (Å²) in [6.45, 7) is 1.57. The molecule has 1 aromatic carbocycles. The fourth-order valence-electron chi connectivity index (χ4n) is 1.80. The minimum Gasteiger partial charge on any atom is -0.497 e. The van der Waals surface area contributed by atoms with Gasteiger partial charge in [-0.15, -0.1) is 0 Å². The molecule has 0 saturated heterocycles. The van der Waals surface area contributed by atoms with Gasteiger partial charge < -0.3 is 25.8 Å². The van der Waals surface area contributed by atoms with E-state index in [1.54, 1.807) is 26.4 Å². The number of benzene rings is 1. The van der Waals surface area contributed by atoms with Crippen LogP contribution in [0.3, 0.4) is 0 Å². The van der Waals surface area contributed by atoms with Crippen LogP contribution in [-0.4, -0.2) is 39.1 Å². The third-order valence-electron chi connectivity index (χ3n) is 2.92.